The summed E-state index contributed by atoms with van der Waals surface area (Å²) in [4.78, 5) is 17.0. The monoisotopic (exact) mass is 356 g/mol. The van der Waals surface area contributed by atoms with Gasteiger partial charge in [-0.25, -0.2) is 0 Å². The number of amides is 1. The minimum absolute atomic E-state index is 0.0292. The number of likely N-dealkylation sites (tertiary alicyclic amines) is 1. The largest absolute Gasteiger partial charge is 0.341 e. The average molecular weight is 357 g/mol. The molecule has 0 aliphatic carbocycles. The Kier molecular flexibility index (Phi) is 5.99. The molecule has 0 aromatic heterocycles. The van der Waals surface area contributed by atoms with E-state index in [9.17, 15) is 4.79 Å². The van der Waals surface area contributed by atoms with Crippen LogP contribution in [0, 0.1) is 0 Å². The third-order valence-electron chi connectivity index (χ3n) is 5.26. The standard InChI is InChI=1S/C18H26Cl2N2O/c1-13(18(2,3)22-9-5-6-10-22)21(4)17(23)12-14-7-8-15(19)16(20)11-14/h7-8,11,13H,5-6,9-10,12H2,1-4H3. The lowest BCUT2D eigenvalue weighted by molar-refractivity contribution is -0.133. The Hall–Kier alpha value is -0.770. The van der Waals surface area contributed by atoms with Crippen molar-refractivity contribution in [1.29, 1.82) is 0 Å². The van der Waals surface area contributed by atoms with Gasteiger partial charge in [0.2, 0.25) is 5.91 Å². The summed E-state index contributed by atoms with van der Waals surface area (Å²) in [7, 11) is 1.89. The van der Waals surface area contributed by atoms with Crippen LogP contribution in [0.15, 0.2) is 18.2 Å². The SMILES string of the molecule is CC(N(C)C(=O)Cc1ccc(Cl)c(Cl)c1)C(C)(C)N1CCCC1. The predicted molar refractivity (Wildman–Crippen MR) is 97.3 cm³/mol. The zero-order valence-electron chi connectivity index (χ0n) is 14.4. The number of likely N-dealkylation sites (N-methyl/N-ethyl adjacent to an activating group) is 1. The third-order valence-corrected chi connectivity index (χ3v) is 6.00. The van der Waals surface area contributed by atoms with E-state index in [4.69, 9.17) is 23.2 Å². The molecule has 1 aromatic carbocycles. The fourth-order valence-electron chi connectivity index (χ4n) is 3.20. The Balaban J connectivity index is 2.04. The van der Waals surface area contributed by atoms with Gasteiger partial charge in [-0.2, -0.15) is 0 Å². The molecule has 1 aromatic rings. The first kappa shape index (κ1) is 18.6. The van der Waals surface area contributed by atoms with Gasteiger partial charge in [0.05, 0.1) is 16.5 Å². The van der Waals surface area contributed by atoms with Gasteiger partial charge in [0.15, 0.2) is 0 Å². The molecule has 1 atom stereocenters. The molecule has 0 spiro atoms. The molecule has 1 amide bonds. The minimum Gasteiger partial charge on any atom is -0.341 e. The van der Waals surface area contributed by atoms with E-state index in [1.165, 1.54) is 12.8 Å². The van der Waals surface area contributed by atoms with E-state index in [1.807, 2.05) is 18.0 Å². The molecule has 128 valence electrons. The van der Waals surface area contributed by atoms with E-state index in [0.29, 0.717) is 16.5 Å². The molecular formula is C18H26Cl2N2O. The van der Waals surface area contributed by atoms with Gasteiger partial charge in [-0.15, -0.1) is 0 Å². The van der Waals surface area contributed by atoms with Crippen molar-refractivity contribution >= 4 is 29.1 Å². The first-order chi connectivity index (χ1) is 10.7. The number of benzene rings is 1. The van der Waals surface area contributed by atoms with Crippen LogP contribution in [0.4, 0.5) is 0 Å². The topological polar surface area (TPSA) is 23.6 Å². The predicted octanol–water partition coefficient (Wildman–Crippen LogP) is 4.26. The summed E-state index contributed by atoms with van der Waals surface area (Å²) in [5.41, 5.74) is 0.862. The number of nitrogens with zero attached hydrogens (tertiary/aromatic N) is 2. The van der Waals surface area contributed by atoms with Crippen LogP contribution in [0.5, 0.6) is 0 Å². The Morgan fingerprint density at radius 2 is 1.87 bits per heavy atom. The van der Waals surface area contributed by atoms with E-state index < -0.39 is 0 Å². The van der Waals surface area contributed by atoms with Crippen LogP contribution in [-0.4, -0.2) is 47.4 Å². The maximum Gasteiger partial charge on any atom is 0.227 e. The summed E-state index contributed by atoms with van der Waals surface area (Å²) in [6, 6.07) is 5.50. The smallest absolute Gasteiger partial charge is 0.227 e. The molecule has 1 aliphatic heterocycles. The van der Waals surface area contributed by atoms with E-state index in [0.717, 1.165) is 18.7 Å². The second-order valence-electron chi connectivity index (χ2n) is 6.95. The summed E-state index contributed by atoms with van der Waals surface area (Å²) in [6.07, 6.45) is 2.84. The highest BCUT2D eigenvalue weighted by Gasteiger charge is 2.37. The van der Waals surface area contributed by atoms with Crippen LogP contribution < -0.4 is 0 Å². The number of carbonyl (C=O) groups is 1. The Bertz CT molecular complexity index is 568. The quantitative estimate of drug-likeness (QED) is 0.786. The van der Waals surface area contributed by atoms with Gasteiger partial charge in [0.1, 0.15) is 0 Å². The highest BCUT2D eigenvalue weighted by atomic mass is 35.5. The highest BCUT2D eigenvalue weighted by Crippen LogP contribution is 2.27. The number of carbonyl (C=O) groups excluding carboxylic acids is 1. The van der Waals surface area contributed by atoms with Crippen molar-refractivity contribution in [2.45, 2.75) is 51.6 Å². The minimum atomic E-state index is -0.0292. The van der Waals surface area contributed by atoms with Crippen molar-refractivity contribution in [3.8, 4) is 0 Å². The molecular weight excluding hydrogens is 331 g/mol. The number of hydrogen-bond acceptors (Lipinski definition) is 2. The highest BCUT2D eigenvalue weighted by molar-refractivity contribution is 6.42. The van der Waals surface area contributed by atoms with Crippen LogP contribution in [0.1, 0.15) is 39.2 Å². The Morgan fingerprint density at radius 3 is 2.43 bits per heavy atom. The van der Waals surface area contributed by atoms with Gasteiger partial charge >= 0.3 is 0 Å². The summed E-state index contributed by atoms with van der Waals surface area (Å²) in [5, 5.41) is 1.00. The first-order valence-corrected chi connectivity index (χ1v) is 8.93. The Labute approximate surface area is 149 Å². The third kappa shape index (κ3) is 4.20. The lowest BCUT2D eigenvalue weighted by Crippen LogP contribution is -2.57. The van der Waals surface area contributed by atoms with Gasteiger partial charge < -0.3 is 4.90 Å². The van der Waals surface area contributed by atoms with Gasteiger partial charge in [-0.05, 0) is 64.4 Å². The molecule has 0 N–H and O–H groups in total. The second kappa shape index (κ2) is 7.42. The molecule has 0 bridgehead atoms. The molecule has 23 heavy (non-hydrogen) atoms. The average Bonchev–Trinajstić information content (AvgIpc) is 3.04. The Morgan fingerprint density at radius 1 is 1.26 bits per heavy atom. The van der Waals surface area contributed by atoms with E-state index >= 15 is 0 Å². The van der Waals surface area contributed by atoms with Gasteiger partial charge in [-0.3, -0.25) is 9.69 Å². The van der Waals surface area contributed by atoms with Crippen molar-refractivity contribution in [2.24, 2.45) is 0 Å². The molecule has 5 heteroatoms. The second-order valence-corrected chi connectivity index (χ2v) is 7.77. The number of hydrogen-bond donors (Lipinski definition) is 0. The lowest BCUT2D eigenvalue weighted by Gasteiger charge is -2.44. The molecule has 3 nitrogen and oxygen atoms in total. The maximum absolute atomic E-state index is 12.6. The van der Waals surface area contributed by atoms with Crippen LogP contribution >= 0.6 is 23.2 Å². The normalized spacial score (nSPS) is 17.3. The van der Waals surface area contributed by atoms with Crippen LogP contribution in [0.2, 0.25) is 10.0 Å². The number of halogens is 2. The maximum atomic E-state index is 12.6. The molecule has 0 saturated carbocycles. The zero-order valence-corrected chi connectivity index (χ0v) is 15.9. The van der Waals surface area contributed by atoms with E-state index in [2.05, 4.69) is 25.7 Å². The van der Waals surface area contributed by atoms with E-state index in [1.54, 1.807) is 12.1 Å². The lowest BCUT2D eigenvalue weighted by atomic mass is 9.92. The fraction of sp³-hybridized carbons (Fsp3) is 0.611. The van der Waals surface area contributed by atoms with Crippen LogP contribution in [0.3, 0.4) is 0 Å². The molecule has 0 radical (unpaired) electrons. The van der Waals surface area contributed by atoms with Crippen molar-refractivity contribution in [2.75, 3.05) is 20.1 Å². The summed E-state index contributed by atoms with van der Waals surface area (Å²) in [6.45, 7) is 8.82. The van der Waals surface area contributed by atoms with Crippen LogP contribution in [0.25, 0.3) is 0 Å². The van der Waals surface area contributed by atoms with Gasteiger partial charge in [0, 0.05) is 18.6 Å². The van der Waals surface area contributed by atoms with Crippen molar-refractivity contribution in [1.82, 2.24) is 9.80 Å². The van der Waals surface area contributed by atoms with Gasteiger partial charge in [0.25, 0.3) is 0 Å². The van der Waals surface area contributed by atoms with Crippen molar-refractivity contribution < 1.29 is 4.79 Å². The molecule has 1 heterocycles. The molecule has 1 saturated heterocycles. The summed E-state index contributed by atoms with van der Waals surface area (Å²) < 4.78 is 0. The van der Waals surface area contributed by atoms with Crippen LogP contribution in [-0.2, 0) is 11.2 Å². The van der Waals surface area contributed by atoms with Gasteiger partial charge in [-0.1, -0.05) is 29.3 Å². The molecule has 1 fully saturated rings. The molecule has 2 rings (SSSR count). The first-order valence-electron chi connectivity index (χ1n) is 8.18. The molecule has 1 aliphatic rings. The summed E-state index contributed by atoms with van der Waals surface area (Å²) >= 11 is 12.0. The summed E-state index contributed by atoms with van der Waals surface area (Å²) in [5.74, 6) is 0.100. The molecule has 1 unspecified atom stereocenters. The number of rotatable bonds is 5. The van der Waals surface area contributed by atoms with Crippen molar-refractivity contribution in [3.05, 3.63) is 33.8 Å². The zero-order chi connectivity index (χ0) is 17.2. The van der Waals surface area contributed by atoms with Crippen molar-refractivity contribution in [3.63, 3.8) is 0 Å². The van der Waals surface area contributed by atoms with E-state index in [-0.39, 0.29) is 17.5 Å². The fourth-order valence-corrected chi connectivity index (χ4v) is 3.52.